The van der Waals surface area contributed by atoms with Gasteiger partial charge in [0.25, 0.3) is 0 Å². The predicted octanol–water partition coefficient (Wildman–Crippen LogP) is 5.60. The number of nitrogens with zero attached hydrogens (tertiary/aromatic N) is 1. The highest BCUT2D eigenvalue weighted by Crippen LogP contribution is 2.34. The molecule has 0 saturated carbocycles. The Labute approximate surface area is 183 Å². The molecule has 0 unspecified atom stereocenters. The standard InChI is InChI=1S/C14H14N2S.C11H8O3/c1-2-5-12-16-13-11(15)8-9-6-3-4-7-10(9)14(13)17-12;12-10-6-8-4-2-1-3-7(8)5-9(10)11(13)14/h3-4,6-8H,2,5,15H2,1H3;1-6,12H,(H,13,14)/p-1. The van der Waals surface area contributed by atoms with Gasteiger partial charge in [0.05, 0.1) is 21.0 Å². The number of anilines is 1. The lowest BCUT2D eigenvalue weighted by atomic mass is 10.1. The van der Waals surface area contributed by atoms with Crippen molar-refractivity contribution in [1.82, 2.24) is 4.98 Å². The van der Waals surface area contributed by atoms with Crippen molar-refractivity contribution >= 4 is 54.8 Å². The van der Waals surface area contributed by atoms with Gasteiger partial charge in [-0.3, -0.25) is 0 Å². The van der Waals surface area contributed by atoms with Gasteiger partial charge in [-0.15, -0.1) is 11.3 Å². The molecule has 4 aromatic carbocycles. The Morgan fingerprint density at radius 1 is 1.03 bits per heavy atom. The van der Waals surface area contributed by atoms with E-state index in [-0.39, 0.29) is 5.56 Å². The molecule has 6 heteroatoms. The zero-order valence-electron chi connectivity index (χ0n) is 17.0. The lowest BCUT2D eigenvalue weighted by Gasteiger charge is -2.11. The van der Waals surface area contributed by atoms with Crippen molar-refractivity contribution in [2.75, 3.05) is 5.73 Å². The molecule has 1 heterocycles. The van der Waals surface area contributed by atoms with E-state index in [9.17, 15) is 9.90 Å². The molecule has 0 radical (unpaired) electrons. The summed E-state index contributed by atoms with van der Waals surface area (Å²) in [6.45, 7) is 2.17. The molecule has 0 bridgehead atoms. The molecule has 0 saturated heterocycles. The van der Waals surface area contributed by atoms with E-state index in [1.54, 1.807) is 29.5 Å². The second kappa shape index (κ2) is 8.62. The van der Waals surface area contributed by atoms with E-state index in [0.29, 0.717) is 0 Å². The average Bonchev–Trinajstić information content (AvgIpc) is 3.19. The highest BCUT2D eigenvalue weighted by atomic mass is 32.1. The smallest absolute Gasteiger partial charge is 0.335 e. The number of carbonyl (C=O) groups is 1. The summed E-state index contributed by atoms with van der Waals surface area (Å²) in [7, 11) is 0. The molecule has 0 aliphatic rings. The maximum atomic E-state index is 11.3. The van der Waals surface area contributed by atoms with Crippen LogP contribution in [-0.4, -0.2) is 16.1 Å². The van der Waals surface area contributed by atoms with Crippen LogP contribution in [0.4, 0.5) is 5.69 Å². The summed E-state index contributed by atoms with van der Waals surface area (Å²) in [5.41, 5.74) is 7.66. The van der Waals surface area contributed by atoms with Gasteiger partial charge in [0.2, 0.25) is 0 Å². The van der Waals surface area contributed by atoms with Gasteiger partial charge in [-0.25, -0.2) is 9.78 Å². The average molecular weight is 430 g/mol. The summed E-state index contributed by atoms with van der Waals surface area (Å²) in [4.78, 5) is 15.3. The fourth-order valence-electron chi connectivity index (χ4n) is 3.52. The largest absolute Gasteiger partial charge is 0.872 e. The molecule has 5 aromatic rings. The zero-order valence-corrected chi connectivity index (χ0v) is 17.8. The molecule has 0 aliphatic carbocycles. The Morgan fingerprint density at radius 3 is 2.35 bits per heavy atom. The van der Waals surface area contributed by atoms with Crippen LogP contribution in [0.2, 0.25) is 0 Å². The normalized spacial score (nSPS) is 10.9. The van der Waals surface area contributed by atoms with Crippen molar-refractivity contribution < 1.29 is 15.0 Å². The van der Waals surface area contributed by atoms with Gasteiger partial charge in [0, 0.05) is 5.39 Å². The number of hydrogen-bond acceptors (Lipinski definition) is 5. The molecule has 5 rings (SSSR count). The molecule has 0 aliphatic heterocycles. The molecule has 156 valence electrons. The van der Waals surface area contributed by atoms with Gasteiger partial charge < -0.3 is 15.9 Å². The molecule has 31 heavy (non-hydrogen) atoms. The van der Waals surface area contributed by atoms with Crippen molar-refractivity contribution in [1.29, 1.82) is 0 Å². The van der Waals surface area contributed by atoms with E-state index >= 15 is 0 Å². The highest BCUT2D eigenvalue weighted by Gasteiger charge is 2.10. The monoisotopic (exact) mass is 429 g/mol. The molecular weight excluding hydrogens is 408 g/mol. The minimum Gasteiger partial charge on any atom is -0.872 e. The highest BCUT2D eigenvalue weighted by molar-refractivity contribution is 7.19. The van der Waals surface area contributed by atoms with Crippen molar-refractivity contribution in [3.8, 4) is 5.75 Å². The Balaban J connectivity index is 0.000000152. The molecule has 5 nitrogen and oxygen atoms in total. The number of thiazole rings is 1. The Bertz CT molecular complexity index is 1410. The first-order valence-corrected chi connectivity index (χ1v) is 10.8. The first kappa shape index (κ1) is 20.6. The minimum atomic E-state index is -1.18. The van der Waals surface area contributed by atoms with Gasteiger partial charge in [0.15, 0.2) is 0 Å². The lowest BCUT2D eigenvalue weighted by molar-refractivity contribution is -0.268. The number of carboxylic acids is 1. The second-order valence-corrected chi connectivity index (χ2v) is 8.31. The number of aromatic nitrogens is 1. The Kier molecular flexibility index (Phi) is 5.73. The maximum Gasteiger partial charge on any atom is 0.335 e. The molecule has 0 fully saturated rings. The van der Waals surface area contributed by atoms with Crippen LogP contribution in [0.15, 0.2) is 66.7 Å². The minimum absolute atomic E-state index is 0.177. The molecule has 1 aromatic heterocycles. The van der Waals surface area contributed by atoms with E-state index in [2.05, 4.69) is 30.1 Å². The van der Waals surface area contributed by atoms with Gasteiger partial charge in [0.1, 0.15) is 5.52 Å². The third-order valence-electron chi connectivity index (χ3n) is 5.00. The molecule has 3 N–H and O–H groups in total. The summed E-state index contributed by atoms with van der Waals surface area (Å²) in [6, 6.07) is 20.3. The van der Waals surface area contributed by atoms with Crippen LogP contribution in [0.25, 0.3) is 31.8 Å². The van der Waals surface area contributed by atoms with Crippen molar-refractivity contribution in [2.24, 2.45) is 0 Å². The number of aryl methyl sites for hydroxylation is 1. The van der Waals surface area contributed by atoms with Crippen LogP contribution in [0.1, 0.15) is 28.7 Å². The predicted molar refractivity (Wildman–Crippen MR) is 126 cm³/mol. The number of hydrogen-bond donors (Lipinski definition) is 2. The summed E-state index contributed by atoms with van der Waals surface area (Å²) in [6.07, 6.45) is 2.16. The third-order valence-corrected chi connectivity index (χ3v) is 6.15. The molecule has 0 atom stereocenters. The van der Waals surface area contributed by atoms with Gasteiger partial charge in [-0.05, 0) is 41.1 Å². The topological polar surface area (TPSA) is 99.3 Å². The van der Waals surface area contributed by atoms with Crippen molar-refractivity contribution in [3.63, 3.8) is 0 Å². The third kappa shape index (κ3) is 4.15. The molecular formula is C25H21N2O3S-. The van der Waals surface area contributed by atoms with Crippen LogP contribution in [-0.2, 0) is 6.42 Å². The van der Waals surface area contributed by atoms with Crippen LogP contribution in [0, 0.1) is 0 Å². The zero-order chi connectivity index (χ0) is 22.0. The molecule has 0 amide bonds. The van der Waals surface area contributed by atoms with Crippen LogP contribution in [0.3, 0.4) is 0 Å². The van der Waals surface area contributed by atoms with E-state index in [0.717, 1.165) is 34.8 Å². The summed E-state index contributed by atoms with van der Waals surface area (Å²) < 4.78 is 1.23. The fraction of sp³-hybridized carbons (Fsp3) is 0.120. The van der Waals surface area contributed by atoms with Crippen LogP contribution < -0.4 is 10.8 Å². The van der Waals surface area contributed by atoms with E-state index in [4.69, 9.17) is 10.8 Å². The van der Waals surface area contributed by atoms with Gasteiger partial charge >= 0.3 is 5.97 Å². The quantitative estimate of drug-likeness (QED) is 0.364. The maximum absolute atomic E-state index is 11.3. The summed E-state index contributed by atoms with van der Waals surface area (Å²) in [5.74, 6) is -1.63. The lowest BCUT2D eigenvalue weighted by Crippen LogP contribution is -2.03. The first-order chi connectivity index (χ1) is 15.0. The van der Waals surface area contributed by atoms with E-state index in [1.807, 2.05) is 18.2 Å². The van der Waals surface area contributed by atoms with Gasteiger partial charge in [-0.1, -0.05) is 67.3 Å². The number of nitrogen functional groups attached to an aromatic ring is 1. The molecule has 0 spiro atoms. The van der Waals surface area contributed by atoms with Crippen LogP contribution in [0.5, 0.6) is 5.75 Å². The Hall–Kier alpha value is -3.64. The number of fused-ring (bicyclic) bond motifs is 4. The number of carboxylic acid groups (broad SMARTS) is 1. The SMILES string of the molecule is CCCc1nc2c(N)cc3ccccc3c2s1.O=C(O)c1cc2ccccc2cc1[O-]. The number of nitrogens with two attached hydrogens (primary N) is 1. The van der Waals surface area contributed by atoms with Crippen molar-refractivity contribution in [2.45, 2.75) is 19.8 Å². The number of aromatic carboxylic acids is 1. The second-order valence-electron chi connectivity index (χ2n) is 7.22. The fourth-order valence-corrected chi connectivity index (χ4v) is 4.75. The van der Waals surface area contributed by atoms with E-state index in [1.165, 1.54) is 32.6 Å². The number of rotatable bonds is 3. The van der Waals surface area contributed by atoms with Crippen molar-refractivity contribution in [3.05, 3.63) is 77.3 Å². The first-order valence-electron chi connectivity index (χ1n) is 9.97. The van der Waals surface area contributed by atoms with E-state index < -0.39 is 11.7 Å². The van der Waals surface area contributed by atoms with Gasteiger partial charge in [-0.2, -0.15) is 0 Å². The summed E-state index contributed by atoms with van der Waals surface area (Å²) in [5, 5.41) is 25.2. The Morgan fingerprint density at radius 2 is 1.68 bits per heavy atom. The number of benzene rings is 4. The van der Waals surface area contributed by atoms with Crippen LogP contribution >= 0.6 is 11.3 Å². The summed E-state index contributed by atoms with van der Waals surface area (Å²) >= 11 is 1.77.